The number of carbonyl (C=O) groups is 1. The van der Waals surface area contributed by atoms with Gasteiger partial charge in [-0.3, -0.25) is 20.3 Å². The van der Waals surface area contributed by atoms with Crippen LogP contribution in [0.1, 0.15) is 12.5 Å². The summed E-state index contributed by atoms with van der Waals surface area (Å²) in [6.07, 6.45) is -1.000. The fraction of sp³-hybridized carbons (Fsp3) is 0.150. The zero-order chi connectivity index (χ0) is 21.9. The molecule has 3 aromatic rings. The van der Waals surface area contributed by atoms with E-state index in [2.05, 4.69) is 5.43 Å². The van der Waals surface area contributed by atoms with E-state index in [4.69, 9.17) is 4.74 Å². The second-order valence-electron chi connectivity index (χ2n) is 6.57. The molecule has 0 heterocycles. The van der Waals surface area contributed by atoms with E-state index in [-0.39, 0.29) is 10.6 Å². The zero-order valence-corrected chi connectivity index (χ0v) is 17.0. The first-order valence-electron chi connectivity index (χ1n) is 8.89. The quantitative estimate of drug-likeness (QED) is 0.439. The van der Waals surface area contributed by atoms with Crippen molar-refractivity contribution in [3.8, 4) is 5.75 Å². The van der Waals surface area contributed by atoms with E-state index in [1.165, 1.54) is 26.0 Å². The van der Waals surface area contributed by atoms with Crippen molar-refractivity contribution in [1.82, 2.24) is 10.3 Å². The Morgan fingerprint density at radius 2 is 1.77 bits per heavy atom. The summed E-state index contributed by atoms with van der Waals surface area (Å²) in [4.78, 5) is 24.1. The lowest BCUT2D eigenvalue weighted by atomic mass is 10.1. The predicted molar refractivity (Wildman–Crippen MR) is 110 cm³/mol. The minimum Gasteiger partial charge on any atom is -0.481 e. The van der Waals surface area contributed by atoms with Crippen molar-refractivity contribution in [2.45, 2.75) is 24.8 Å². The number of hydrogen-bond donors (Lipinski definition) is 2. The molecule has 30 heavy (non-hydrogen) atoms. The molecule has 0 unspecified atom stereocenters. The molecule has 0 spiro atoms. The number of fused-ring (bicyclic) bond motifs is 1. The molecule has 0 aliphatic heterocycles. The van der Waals surface area contributed by atoms with Crippen molar-refractivity contribution in [2.24, 2.45) is 0 Å². The van der Waals surface area contributed by atoms with Crippen molar-refractivity contribution in [3.63, 3.8) is 0 Å². The summed E-state index contributed by atoms with van der Waals surface area (Å²) in [5.74, 6) is -0.274. The molecule has 2 N–H and O–H groups in total. The van der Waals surface area contributed by atoms with Crippen LogP contribution in [0.4, 0.5) is 5.69 Å². The first kappa shape index (κ1) is 21.2. The largest absolute Gasteiger partial charge is 0.481 e. The highest BCUT2D eigenvalue weighted by atomic mass is 32.2. The van der Waals surface area contributed by atoms with Crippen LogP contribution >= 0.6 is 0 Å². The van der Waals surface area contributed by atoms with Crippen LogP contribution in [0.5, 0.6) is 5.75 Å². The summed E-state index contributed by atoms with van der Waals surface area (Å²) in [6, 6.07) is 16.4. The summed E-state index contributed by atoms with van der Waals surface area (Å²) in [5, 5.41) is 12.9. The van der Waals surface area contributed by atoms with Crippen LogP contribution in [0.15, 0.2) is 65.6 Å². The Bertz CT molecular complexity index is 1230. The number of nitrogens with zero attached hydrogens (tertiary/aromatic N) is 1. The smallest absolute Gasteiger partial charge is 0.275 e. The average molecular weight is 429 g/mol. The number of sulfonamides is 1. The summed E-state index contributed by atoms with van der Waals surface area (Å²) < 4.78 is 30.5. The van der Waals surface area contributed by atoms with Crippen LogP contribution in [-0.4, -0.2) is 25.4 Å². The van der Waals surface area contributed by atoms with Crippen molar-refractivity contribution < 1.29 is 22.9 Å². The van der Waals surface area contributed by atoms with Crippen LogP contribution in [0.25, 0.3) is 10.8 Å². The van der Waals surface area contributed by atoms with E-state index in [0.29, 0.717) is 11.3 Å². The van der Waals surface area contributed by atoms with Crippen molar-refractivity contribution in [3.05, 3.63) is 76.3 Å². The normalized spacial score (nSPS) is 12.3. The lowest BCUT2D eigenvalue weighted by Gasteiger charge is -2.16. The number of benzene rings is 3. The molecule has 3 rings (SSSR count). The number of hydrazine groups is 1. The fourth-order valence-electron chi connectivity index (χ4n) is 2.76. The second kappa shape index (κ2) is 8.47. The number of carbonyl (C=O) groups excluding carboxylic acids is 1. The number of amides is 1. The van der Waals surface area contributed by atoms with Gasteiger partial charge in [-0.15, -0.1) is 4.83 Å². The van der Waals surface area contributed by atoms with Gasteiger partial charge in [-0.2, -0.15) is 0 Å². The highest BCUT2D eigenvalue weighted by Crippen LogP contribution is 2.22. The molecule has 0 bridgehead atoms. The zero-order valence-electron chi connectivity index (χ0n) is 16.2. The maximum atomic E-state index is 12.5. The molecule has 0 aromatic heterocycles. The third-order valence-corrected chi connectivity index (χ3v) is 5.77. The van der Waals surface area contributed by atoms with Crippen LogP contribution < -0.4 is 15.0 Å². The van der Waals surface area contributed by atoms with E-state index in [1.54, 1.807) is 12.1 Å². The Morgan fingerprint density at radius 3 is 2.47 bits per heavy atom. The van der Waals surface area contributed by atoms with Crippen molar-refractivity contribution in [1.29, 1.82) is 0 Å². The molecule has 0 saturated heterocycles. The van der Waals surface area contributed by atoms with Gasteiger partial charge in [-0.1, -0.05) is 36.4 Å². The molecule has 156 valence electrons. The number of nitro groups is 1. The Morgan fingerprint density at radius 1 is 1.07 bits per heavy atom. The third kappa shape index (κ3) is 4.73. The van der Waals surface area contributed by atoms with Crippen molar-refractivity contribution >= 4 is 32.4 Å². The Hall–Kier alpha value is -3.50. The first-order chi connectivity index (χ1) is 14.2. The van der Waals surface area contributed by atoms with E-state index in [1.807, 2.05) is 35.2 Å². The Balaban J connectivity index is 1.68. The highest BCUT2D eigenvalue weighted by molar-refractivity contribution is 7.89. The Kier molecular flexibility index (Phi) is 5.99. The predicted octanol–water partition coefficient (Wildman–Crippen LogP) is 2.83. The van der Waals surface area contributed by atoms with Gasteiger partial charge in [0.05, 0.1) is 9.82 Å². The lowest BCUT2D eigenvalue weighted by Crippen LogP contribution is -2.47. The monoisotopic (exact) mass is 429 g/mol. The van der Waals surface area contributed by atoms with Crippen LogP contribution in [0.3, 0.4) is 0 Å². The van der Waals surface area contributed by atoms with Gasteiger partial charge >= 0.3 is 0 Å². The van der Waals surface area contributed by atoms with Gasteiger partial charge in [-0.05, 0) is 42.3 Å². The van der Waals surface area contributed by atoms with Crippen LogP contribution in [0, 0.1) is 17.0 Å². The molecule has 1 atom stereocenters. The van der Waals surface area contributed by atoms with Crippen LogP contribution in [0.2, 0.25) is 0 Å². The molecule has 0 aliphatic rings. The molecular weight excluding hydrogens is 410 g/mol. The fourth-order valence-corrected chi connectivity index (χ4v) is 3.88. The maximum Gasteiger partial charge on any atom is 0.275 e. The number of nitrogens with one attached hydrogen (secondary N) is 2. The molecule has 3 aromatic carbocycles. The van der Waals surface area contributed by atoms with Gasteiger partial charge in [0.15, 0.2) is 6.10 Å². The van der Waals surface area contributed by atoms with E-state index < -0.39 is 27.0 Å². The Labute approximate surface area is 172 Å². The minimum absolute atomic E-state index is 0.294. The number of rotatable bonds is 7. The molecule has 10 heteroatoms. The molecule has 9 nitrogen and oxygen atoms in total. The van der Waals surface area contributed by atoms with E-state index in [9.17, 15) is 23.3 Å². The van der Waals surface area contributed by atoms with Gasteiger partial charge in [0.25, 0.3) is 21.6 Å². The summed E-state index contributed by atoms with van der Waals surface area (Å²) in [6.45, 7) is 2.96. The van der Waals surface area contributed by atoms with Crippen LogP contribution in [-0.2, 0) is 14.8 Å². The third-order valence-electron chi connectivity index (χ3n) is 4.38. The van der Waals surface area contributed by atoms with Gasteiger partial charge < -0.3 is 4.74 Å². The summed E-state index contributed by atoms with van der Waals surface area (Å²) >= 11 is 0. The number of nitro benzene ring substituents is 1. The molecular formula is C20H19N3O6S. The molecule has 0 saturated carbocycles. The SMILES string of the molecule is Cc1ccc([N+](=O)[O-])cc1S(=O)(=O)NNC(=O)[C@H](C)Oc1ccc2ccccc2c1. The number of ether oxygens (including phenoxy) is 1. The second-order valence-corrected chi connectivity index (χ2v) is 8.22. The van der Waals surface area contributed by atoms with Gasteiger partial charge in [0, 0.05) is 12.1 Å². The summed E-state index contributed by atoms with van der Waals surface area (Å²) in [7, 11) is -4.22. The van der Waals surface area contributed by atoms with E-state index >= 15 is 0 Å². The maximum absolute atomic E-state index is 12.5. The lowest BCUT2D eigenvalue weighted by molar-refractivity contribution is -0.385. The standard InChI is InChI=1S/C20H19N3O6S/c1-13-7-9-17(23(25)26)12-19(13)30(27,28)22-21-20(24)14(2)29-18-10-8-15-5-3-4-6-16(15)11-18/h3-12,14,22H,1-2H3,(H,21,24)/t14-/m0/s1. The van der Waals surface area contributed by atoms with Gasteiger partial charge in [0.2, 0.25) is 0 Å². The molecule has 0 aliphatic carbocycles. The summed E-state index contributed by atoms with van der Waals surface area (Å²) in [5.41, 5.74) is 2.00. The van der Waals surface area contributed by atoms with E-state index in [0.717, 1.165) is 16.8 Å². The average Bonchev–Trinajstić information content (AvgIpc) is 2.72. The number of hydrogen-bond acceptors (Lipinski definition) is 6. The van der Waals surface area contributed by atoms with Crippen molar-refractivity contribution in [2.75, 3.05) is 0 Å². The van der Waals surface area contributed by atoms with Gasteiger partial charge in [0.1, 0.15) is 5.75 Å². The number of non-ortho nitro benzene ring substituents is 1. The topological polar surface area (TPSA) is 128 Å². The molecule has 0 radical (unpaired) electrons. The minimum atomic E-state index is -4.22. The highest BCUT2D eigenvalue weighted by Gasteiger charge is 2.23. The number of aryl methyl sites for hydroxylation is 1. The molecule has 1 amide bonds. The first-order valence-corrected chi connectivity index (χ1v) is 10.4. The molecule has 0 fully saturated rings. The van der Waals surface area contributed by atoms with Gasteiger partial charge in [-0.25, -0.2) is 8.42 Å².